The Morgan fingerprint density at radius 1 is 0.667 bits per heavy atom. The number of esters is 2. The van der Waals surface area contributed by atoms with Crippen LogP contribution in [0.4, 0.5) is 0 Å². The summed E-state index contributed by atoms with van der Waals surface area (Å²) < 4.78 is 10.1. The van der Waals surface area contributed by atoms with E-state index in [-0.39, 0.29) is 11.1 Å². The summed E-state index contributed by atoms with van der Waals surface area (Å²) in [6.45, 7) is -1.04. The van der Waals surface area contributed by atoms with Crippen LogP contribution in [0.2, 0.25) is 0 Å². The minimum Gasteiger partial charge on any atom is -0.452 e. The number of nitrogens with zero attached hydrogens (tertiary/aromatic N) is 2. The number of rotatable bonds is 8. The smallest absolute Gasteiger partial charge is 0.338 e. The monoisotopic (exact) mass is 494 g/mol. The van der Waals surface area contributed by atoms with E-state index >= 15 is 0 Å². The summed E-state index contributed by atoms with van der Waals surface area (Å²) in [6.07, 6.45) is 7.75. The molecule has 3 rings (SSSR count). The van der Waals surface area contributed by atoms with Gasteiger partial charge in [-0.3, -0.25) is 9.59 Å². The average Bonchev–Trinajstić information content (AvgIpc) is 2.91. The number of ether oxygens (including phenoxy) is 2. The Morgan fingerprint density at radius 3 is 1.31 bits per heavy atom. The number of carbonyl (C=O) groups excluding carboxylic acids is 4. The van der Waals surface area contributed by atoms with Gasteiger partial charge in [-0.25, -0.2) is 9.59 Å². The standard InChI is InChI=1S/C26H30N4O6/c27-17-25(11-3-1-4-12-25)29-21(31)15-35-23(33)19-7-9-20(10-8-19)24(34)36-16-22(32)30-26(18-28)13-5-2-6-14-26/h7-10H,1-6,11-16H2,(H,29,31)(H,30,32). The maximum Gasteiger partial charge on any atom is 0.338 e. The van der Waals surface area contributed by atoms with Crippen LogP contribution in [0.5, 0.6) is 0 Å². The van der Waals surface area contributed by atoms with Crippen molar-refractivity contribution in [3.8, 4) is 12.1 Å². The number of nitrogens with one attached hydrogen (secondary N) is 2. The summed E-state index contributed by atoms with van der Waals surface area (Å²) in [5, 5.41) is 24.2. The molecule has 2 N–H and O–H groups in total. The van der Waals surface area contributed by atoms with Crippen LogP contribution in [0.1, 0.15) is 84.9 Å². The van der Waals surface area contributed by atoms with E-state index in [0.29, 0.717) is 25.7 Å². The molecule has 2 fully saturated rings. The second kappa shape index (κ2) is 12.2. The molecule has 190 valence electrons. The van der Waals surface area contributed by atoms with Crippen LogP contribution in [0, 0.1) is 22.7 Å². The Kier molecular flexibility index (Phi) is 9.02. The lowest BCUT2D eigenvalue weighted by molar-refractivity contribution is -0.126. The van der Waals surface area contributed by atoms with Gasteiger partial charge in [-0.15, -0.1) is 0 Å². The van der Waals surface area contributed by atoms with Gasteiger partial charge in [0, 0.05) is 0 Å². The van der Waals surface area contributed by atoms with Gasteiger partial charge in [0.2, 0.25) is 0 Å². The molecular formula is C26H30N4O6. The van der Waals surface area contributed by atoms with Gasteiger partial charge in [0.05, 0.1) is 23.3 Å². The molecule has 10 nitrogen and oxygen atoms in total. The number of carbonyl (C=O) groups is 4. The van der Waals surface area contributed by atoms with E-state index in [1.165, 1.54) is 24.3 Å². The minimum absolute atomic E-state index is 0.123. The van der Waals surface area contributed by atoms with Crippen LogP contribution in [-0.4, -0.2) is 48.0 Å². The lowest BCUT2D eigenvalue weighted by Crippen LogP contribution is -2.50. The molecule has 1 aromatic rings. The molecule has 2 aliphatic carbocycles. The zero-order chi connectivity index (χ0) is 26.0. The van der Waals surface area contributed by atoms with Crippen LogP contribution in [0.3, 0.4) is 0 Å². The van der Waals surface area contributed by atoms with Gasteiger partial charge in [-0.1, -0.05) is 38.5 Å². The molecule has 2 amide bonds. The van der Waals surface area contributed by atoms with Crippen LogP contribution in [0.15, 0.2) is 24.3 Å². The van der Waals surface area contributed by atoms with Crippen molar-refractivity contribution in [2.45, 2.75) is 75.3 Å². The van der Waals surface area contributed by atoms with Gasteiger partial charge < -0.3 is 20.1 Å². The summed E-state index contributed by atoms with van der Waals surface area (Å²) in [7, 11) is 0. The lowest BCUT2D eigenvalue weighted by atomic mass is 9.83. The number of hydrogen-bond acceptors (Lipinski definition) is 8. The van der Waals surface area contributed by atoms with E-state index < -0.39 is 48.0 Å². The quantitative estimate of drug-likeness (QED) is 0.522. The molecule has 0 saturated heterocycles. The van der Waals surface area contributed by atoms with Crippen LogP contribution < -0.4 is 10.6 Å². The van der Waals surface area contributed by atoms with Crippen molar-refractivity contribution in [1.29, 1.82) is 10.5 Å². The molecule has 0 unspecified atom stereocenters. The van der Waals surface area contributed by atoms with E-state index in [4.69, 9.17) is 9.47 Å². The van der Waals surface area contributed by atoms with Gasteiger partial charge in [0.1, 0.15) is 11.1 Å². The van der Waals surface area contributed by atoms with Gasteiger partial charge in [0.25, 0.3) is 11.8 Å². The Morgan fingerprint density at radius 2 is 1.00 bits per heavy atom. The zero-order valence-electron chi connectivity index (χ0n) is 20.1. The minimum atomic E-state index is -0.910. The van der Waals surface area contributed by atoms with Gasteiger partial charge >= 0.3 is 11.9 Å². The van der Waals surface area contributed by atoms with Crippen LogP contribution in [0.25, 0.3) is 0 Å². The highest BCUT2D eigenvalue weighted by molar-refractivity contribution is 5.95. The Balaban J connectivity index is 1.44. The lowest BCUT2D eigenvalue weighted by Gasteiger charge is -2.31. The first-order valence-electron chi connectivity index (χ1n) is 12.2. The van der Waals surface area contributed by atoms with Crippen LogP contribution >= 0.6 is 0 Å². The molecular weight excluding hydrogens is 464 g/mol. The topological polar surface area (TPSA) is 158 Å². The summed E-state index contributed by atoms with van der Waals surface area (Å²) in [6, 6.07) is 9.74. The Hall–Kier alpha value is -3.92. The number of hydrogen-bond donors (Lipinski definition) is 2. The molecule has 10 heteroatoms. The van der Waals surface area contributed by atoms with Crippen LogP contribution in [-0.2, 0) is 19.1 Å². The first-order chi connectivity index (χ1) is 17.3. The fourth-order valence-corrected chi connectivity index (χ4v) is 4.62. The maximum atomic E-state index is 12.3. The Labute approximate surface area is 209 Å². The largest absolute Gasteiger partial charge is 0.452 e. The third kappa shape index (κ3) is 7.05. The summed E-state index contributed by atoms with van der Waals surface area (Å²) in [5.74, 6) is -2.60. The molecule has 36 heavy (non-hydrogen) atoms. The highest BCUT2D eigenvalue weighted by Gasteiger charge is 2.34. The predicted octanol–water partition coefficient (Wildman–Crippen LogP) is 2.69. The second-order valence-corrected chi connectivity index (χ2v) is 9.34. The summed E-state index contributed by atoms with van der Waals surface area (Å²) in [5.41, 5.74) is -1.57. The van der Waals surface area contributed by atoms with Crippen molar-refractivity contribution in [3.63, 3.8) is 0 Å². The van der Waals surface area contributed by atoms with E-state index in [9.17, 15) is 29.7 Å². The van der Waals surface area contributed by atoms with Crippen molar-refractivity contribution in [2.24, 2.45) is 0 Å². The van der Waals surface area contributed by atoms with Crippen molar-refractivity contribution in [3.05, 3.63) is 35.4 Å². The fourth-order valence-electron chi connectivity index (χ4n) is 4.62. The molecule has 1 aromatic carbocycles. The molecule has 0 radical (unpaired) electrons. The molecule has 0 aromatic heterocycles. The second-order valence-electron chi connectivity index (χ2n) is 9.34. The van der Waals surface area contributed by atoms with Gasteiger partial charge in [0.15, 0.2) is 13.2 Å². The normalized spacial score (nSPS) is 17.9. The third-order valence-corrected chi connectivity index (χ3v) is 6.62. The number of amides is 2. The van der Waals surface area contributed by atoms with Crippen molar-refractivity contribution in [2.75, 3.05) is 13.2 Å². The molecule has 0 aliphatic heterocycles. The summed E-state index contributed by atoms with van der Waals surface area (Å²) in [4.78, 5) is 48.9. The van der Waals surface area contributed by atoms with Crippen molar-refractivity contribution in [1.82, 2.24) is 10.6 Å². The number of benzene rings is 1. The molecule has 0 spiro atoms. The molecule has 2 aliphatic rings. The molecule has 2 saturated carbocycles. The highest BCUT2D eigenvalue weighted by Crippen LogP contribution is 2.28. The zero-order valence-corrected chi connectivity index (χ0v) is 20.1. The van der Waals surface area contributed by atoms with Crippen molar-refractivity contribution >= 4 is 23.8 Å². The van der Waals surface area contributed by atoms with Gasteiger partial charge in [-0.2, -0.15) is 10.5 Å². The van der Waals surface area contributed by atoms with E-state index in [2.05, 4.69) is 22.8 Å². The summed E-state index contributed by atoms with van der Waals surface area (Å²) >= 11 is 0. The average molecular weight is 495 g/mol. The van der Waals surface area contributed by atoms with E-state index in [0.717, 1.165) is 38.5 Å². The van der Waals surface area contributed by atoms with Crippen molar-refractivity contribution < 1.29 is 28.7 Å². The SMILES string of the molecule is N#CC1(NC(=O)COC(=O)c2ccc(C(=O)OCC(=O)NC3(C#N)CCCCC3)cc2)CCCCC1. The van der Waals surface area contributed by atoms with E-state index in [1.807, 2.05) is 0 Å². The first kappa shape index (κ1) is 26.7. The first-order valence-corrected chi connectivity index (χ1v) is 12.2. The maximum absolute atomic E-state index is 12.3. The number of nitriles is 2. The molecule has 0 heterocycles. The fraction of sp³-hybridized carbons (Fsp3) is 0.538. The third-order valence-electron chi connectivity index (χ3n) is 6.62. The van der Waals surface area contributed by atoms with Gasteiger partial charge in [-0.05, 0) is 49.9 Å². The molecule has 0 atom stereocenters. The predicted molar refractivity (Wildman–Crippen MR) is 126 cm³/mol. The Bertz CT molecular complexity index is 972. The van der Waals surface area contributed by atoms with E-state index in [1.54, 1.807) is 0 Å². The molecule has 0 bridgehead atoms. The highest BCUT2D eigenvalue weighted by atomic mass is 16.5.